The number of aromatic nitrogens is 2. The van der Waals surface area contributed by atoms with Crippen LogP contribution in [0, 0.1) is 11.6 Å². The molecule has 1 aromatic heterocycles. The van der Waals surface area contributed by atoms with E-state index in [4.69, 9.17) is 5.73 Å². The Balaban J connectivity index is 1.86. The molecular formula is C15H15F2N5O. The van der Waals surface area contributed by atoms with E-state index in [-0.39, 0.29) is 23.2 Å². The van der Waals surface area contributed by atoms with E-state index < -0.39 is 11.6 Å². The third kappa shape index (κ3) is 3.36. The molecule has 0 fully saturated rings. The average Bonchev–Trinajstić information content (AvgIpc) is 2.50. The Labute approximate surface area is 130 Å². The Morgan fingerprint density at radius 2 is 2.09 bits per heavy atom. The summed E-state index contributed by atoms with van der Waals surface area (Å²) in [5.74, 6) is -1.59. The van der Waals surface area contributed by atoms with Gasteiger partial charge in [-0.15, -0.1) is 0 Å². The number of hydrogen-bond donors (Lipinski definition) is 3. The summed E-state index contributed by atoms with van der Waals surface area (Å²) in [6.07, 6.45) is 3.37. The van der Waals surface area contributed by atoms with Gasteiger partial charge in [-0.1, -0.05) is 0 Å². The van der Waals surface area contributed by atoms with E-state index in [9.17, 15) is 13.6 Å². The molecule has 0 radical (unpaired) electrons. The van der Waals surface area contributed by atoms with E-state index in [2.05, 4.69) is 20.3 Å². The molecule has 0 saturated carbocycles. The summed E-state index contributed by atoms with van der Waals surface area (Å²) in [6, 6.07) is 3.03. The Bertz CT molecular complexity index is 831. The van der Waals surface area contributed by atoms with Crippen molar-refractivity contribution in [1.82, 2.24) is 9.97 Å². The minimum Gasteiger partial charge on any atom is -0.369 e. The number of aliphatic imine (C=N–C) groups is 1. The molecule has 4 N–H and O–H groups in total. The van der Waals surface area contributed by atoms with Crippen molar-refractivity contribution in [2.75, 3.05) is 5.32 Å². The van der Waals surface area contributed by atoms with Crippen LogP contribution in [0.1, 0.15) is 24.1 Å². The number of anilines is 1. The Morgan fingerprint density at radius 3 is 2.87 bits per heavy atom. The first kappa shape index (κ1) is 15.1. The van der Waals surface area contributed by atoms with Gasteiger partial charge in [0.05, 0.1) is 11.4 Å². The first-order valence-corrected chi connectivity index (χ1v) is 7.21. The third-order valence-corrected chi connectivity index (χ3v) is 3.60. The highest BCUT2D eigenvalue weighted by Gasteiger charge is 2.15. The van der Waals surface area contributed by atoms with E-state index in [0.717, 1.165) is 37.1 Å². The number of halogens is 2. The molecule has 120 valence electrons. The minimum atomic E-state index is -0.796. The molecule has 0 amide bonds. The van der Waals surface area contributed by atoms with Crippen molar-refractivity contribution in [3.8, 4) is 0 Å². The van der Waals surface area contributed by atoms with E-state index in [0.29, 0.717) is 12.0 Å². The first-order chi connectivity index (χ1) is 11.0. The molecule has 6 nitrogen and oxygen atoms in total. The fourth-order valence-corrected chi connectivity index (χ4v) is 2.51. The molecule has 1 heterocycles. The second-order valence-corrected chi connectivity index (χ2v) is 5.27. The Morgan fingerprint density at radius 1 is 1.30 bits per heavy atom. The summed E-state index contributed by atoms with van der Waals surface area (Å²) in [5, 5.41) is 2.51. The van der Waals surface area contributed by atoms with Crippen LogP contribution in [0.15, 0.2) is 28.0 Å². The normalized spacial score (nSPS) is 14.4. The number of nitrogens with zero attached hydrogens (tertiary/aromatic N) is 2. The van der Waals surface area contributed by atoms with Crippen LogP contribution in [0.4, 0.5) is 20.4 Å². The molecule has 0 unspecified atom stereocenters. The molecule has 3 rings (SSSR count). The molecule has 8 heteroatoms. The fraction of sp³-hybridized carbons (Fsp3) is 0.267. The first-order valence-electron chi connectivity index (χ1n) is 7.21. The number of hydrogen-bond acceptors (Lipinski definition) is 3. The van der Waals surface area contributed by atoms with Crippen LogP contribution < -0.4 is 16.6 Å². The van der Waals surface area contributed by atoms with Gasteiger partial charge in [0, 0.05) is 11.6 Å². The number of nitrogens with one attached hydrogen (secondary N) is 2. The summed E-state index contributed by atoms with van der Waals surface area (Å²) in [5.41, 5.74) is 6.85. The van der Waals surface area contributed by atoms with Crippen molar-refractivity contribution in [3.05, 3.63) is 51.4 Å². The average molecular weight is 319 g/mol. The lowest BCUT2D eigenvalue weighted by Crippen LogP contribution is -2.24. The number of aryl methyl sites for hydroxylation is 1. The topological polar surface area (TPSA) is 96.2 Å². The zero-order valence-corrected chi connectivity index (χ0v) is 12.2. The summed E-state index contributed by atoms with van der Waals surface area (Å²) in [4.78, 5) is 22.8. The van der Waals surface area contributed by atoms with Gasteiger partial charge >= 0.3 is 0 Å². The standard InChI is InChI=1S/C15H15F2N5O/c16-8-5-6-12(10(17)7-8)19-14(18)22-15-20-11-4-2-1-3-9(11)13(23)21-15/h5-7H,1-4H2,(H4,18,19,20,21,22,23). The quantitative estimate of drug-likeness (QED) is 0.582. The van der Waals surface area contributed by atoms with Gasteiger partial charge in [0.2, 0.25) is 11.9 Å². The molecule has 1 aliphatic rings. The van der Waals surface area contributed by atoms with Crippen molar-refractivity contribution in [1.29, 1.82) is 0 Å². The third-order valence-electron chi connectivity index (χ3n) is 3.60. The van der Waals surface area contributed by atoms with Crippen molar-refractivity contribution < 1.29 is 8.78 Å². The van der Waals surface area contributed by atoms with E-state index in [1.807, 2.05) is 0 Å². The van der Waals surface area contributed by atoms with E-state index in [1.165, 1.54) is 6.07 Å². The van der Waals surface area contributed by atoms with Gasteiger partial charge in [-0.25, -0.2) is 13.8 Å². The van der Waals surface area contributed by atoms with Crippen molar-refractivity contribution in [3.63, 3.8) is 0 Å². The molecule has 0 atom stereocenters. The van der Waals surface area contributed by atoms with Crippen LogP contribution in [0.2, 0.25) is 0 Å². The minimum absolute atomic E-state index is 0.0204. The summed E-state index contributed by atoms with van der Waals surface area (Å²) < 4.78 is 26.4. The molecule has 0 aliphatic heterocycles. The molecule has 2 aromatic rings. The van der Waals surface area contributed by atoms with Crippen LogP contribution in [-0.2, 0) is 12.8 Å². The molecular weight excluding hydrogens is 304 g/mol. The largest absolute Gasteiger partial charge is 0.369 e. The van der Waals surface area contributed by atoms with Gasteiger partial charge in [0.1, 0.15) is 11.6 Å². The predicted octanol–water partition coefficient (Wildman–Crippen LogP) is 1.99. The van der Waals surface area contributed by atoms with Gasteiger partial charge in [0.25, 0.3) is 5.56 Å². The number of guanidine groups is 1. The molecule has 1 aliphatic carbocycles. The van der Waals surface area contributed by atoms with E-state index in [1.54, 1.807) is 0 Å². The Kier molecular flexibility index (Phi) is 4.05. The second kappa shape index (κ2) is 6.15. The van der Waals surface area contributed by atoms with Crippen LogP contribution in [-0.4, -0.2) is 15.9 Å². The highest BCUT2D eigenvalue weighted by molar-refractivity contribution is 5.93. The van der Waals surface area contributed by atoms with Crippen LogP contribution in [0.5, 0.6) is 0 Å². The monoisotopic (exact) mass is 319 g/mol. The maximum Gasteiger partial charge on any atom is 0.255 e. The molecule has 0 saturated heterocycles. The highest BCUT2D eigenvalue weighted by Crippen LogP contribution is 2.18. The zero-order chi connectivity index (χ0) is 16.4. The number of fused-ring (bicyclic) bond motifs is 1. The number of nitrogens with two attached hydrogens (primary N) is 1. The van der Waals surface area contributed by atoms with Crippen molar-refractivity contribution in [2.24, 2.45) is 10.7 Å². The molecule has 1 aromatic carbocycles. The van der Waals surface area contributed by atoms with Gasteiger partial charge in [0.15, 0.2) is 0 Å². The molecule has 0 bridgehead atoms. The fourth-order valence-electron chi connectivity index (χ4n) is 2.51. The zero-order valence-electron chi connectivity index (χ0n) is 12.2. The predicted molar refractivity (Wildman–Crippen MR) is 82.8 cm³/mol. The van der Waals surface area contributed by atoms with Gasteiger partial charge < -0.3 is 11.1 Å². The van der Waals surface area contributed by atoms with Crippen LogP contribution in [0.25, 0.3) is 0 Å². The summed E-state index contributed by atoms with van der Waals surface area (Å²) in [6.45, 7) is 0. The number of rotatable bonds is 2. The number of benzene rings is 1. The summed E-state index contributed by atoms with van der Waals surface area (Å²) >= 11 is 0. The smallest absolute Gasteiger partial charge is 0.255 e. The number of H-pyrrole nitrogens is 1. The summed E-state index contributed by atoms with van der Waals surface area (Å²) in [7, 11) is 0. The lowest BCUT2D eigenvalue weighted by molar-refractivity contribution is 0.586. The van der Waals surface area contributed by atoms with Gasteiger partial charge in [-0.2, -0.15) is 4.99 Å². The van der Waals surface area contributed by atoms with Crippen LogP contribution in [0.3, 0.4) is 0 Å². The van der Waals surface area contributed by atoms with Gasteiger partial charge in [-0.3, -0.25) is 9.78 Å². The molecule has 0 spiro atoms. The van der Waals surface area contributed by atoms with Crippen molar-refractivity contribution in [2.45, 2.75) is 25.7 Å². The van der Waals surface area contributed by atoms with E-state index >= 15 is 0 Å². The highest BCUT2D eigenvalue weighted by atomic mass is 19.1. The van der Waals surface area contributed by atoms with Crippen molar-refractivity contribution >= 4 is 17.6 Å². The lowest BCUT2D eigenvalue weighted by atomic mass is 9.97. The van der Waals surface area contributed by atoms with Gasteiger partial charge in [-0.05, 0) is 37.8 Å². The maximum atomic E-state index is 13.6. The molecule has 23 heavy (non-hydrogen) atoms. The second-order valence-electron chi connectivity index (χ2n) is 5.27. The SMILES string of the molecule is NC(=Nc1nc2c(c(=O)[nH]1)CCCC2)Nc1ccc(F)cc1F. The lowest BCUT2D eigenvalue weighted by Gasteiger charge is -2.13. The number of aromatic amines is 1. The Hall–Kier alpha value is -2.77. The van der Waals surface area contributed by atoms with Crippen LogP contribution >= 0.6 is 0 Å². The maximum absolute atomic E-state index is 13.6.